The zero-order valence-corrected chi connectivity index (χ0v) is 11.9. The Hall–Kier alpha value is -2.41. The van der Waals surface area contributed by atoms with Gasteiger partial charge in [0.25, 0.3) is 10.0 Å². The average molecular weight is 306 g/mol. The first-order valence-corrected chi connectivity index (χ1v) is 7.77. The molecule has 0 amide bonds. The van der Waals surface area contributed by atoms with Gasteiger partial charge in [-0.25, -0.2) is 8.42 Å². The van der Waals surface area contributed by atoms with Crippen LogP contribution in [0.15, 0.2) is 47.4 Å². The summed E-state index contributed by atoms with van der Waals surface area (Å²) in [7, 11) is -3.75. The zero-order valence-electron chi connectivity index (χ0n) is 11.1. The monoisotopic (exact) mass is 306 g/mol. The van der Waals surface area contributed by atoms with E-state index >= 15 is 0 Å². The Labute approximate surface area is 122 Å². The van der Waals surface area contributed by atoms with Crippen molar-refractivity contribution < 1.29 is 18.3 Å². The number of nitrogens with two attached hydrogens (primary N) is 1. The van der Waals surface area contributed by atoms with Crippen LogP contribution in [0.25, 0.3) is 0 Å². The van der Waals surface area contributed by atoms with Gasteiger partial charge in [0.2, 0.25) is 0 Å². The van der Waals surface area contributed by atoms with Gasteiger partial charge in [-0.15, -0.1) is 0 Å². The van der Waals surface area contributed by atoms with Crippen LogP contribution in [0.3, 0.4) is 0 Å². The third-order valence-corrected chi connectivity index (χ3v) is 5.08. The molecule has 0 radical (unpaired) electrons. The van der Waals surface area contributed by atoms with Gasteiger partial charge >= 0.3 is 0 Å². The largest absolute Gasteiger partial charge is 0.506 e. The van der Waals surface area contributed by atoms with Crippen LogP contribution in [0.5, 0.6) is 11.5 Å². The van der Waals surface area contributed by atoms with Gasteiger partial charge in [-0.1, -0.05) is 12.1 Å². The summed E-state index contributed by atoms with van der Waals surface area (Å²) in [6.07, 6.45) is 0. The molecule has 110 valence electrons. The molecule has 6 nitrogen and oxygen atoms in total. The second-order valence-corrected chi connectivity index (χ2v) is 6.48. The number of nitrogen functional groups attached to an aromatic ring is 1. The molecular formula is C14H14N2O4S. The molecule has 2 aromatic rings. The topological polar surface area (TPSA) is 92.9 Å². The second-order valence-electron chi connectivity index (χ2n) is 4.61. The molecule has 1 heterocycles. The molecule has 3 N–H and O–H groups in total. The van der Waals surface area contributed by atoms with Crippen molar-refractivity contribution in [2.75, 3.05) is 23.2 Å². The summed E-state index contributed by atoms with van der Waals surface area (Å²) >= 11 is 0. The number of sulfonamides is 1. The molecule has 0 unspecified atom stereocenters. The summed E-state index contributed by atoms with van der Waals surface area (Å²) in [6, 6.07) is 10.8. The van der Waals surface area contributed by atoms with E-state index in [0.29, 0.717) is 11.4 Å². The molecule has 2 aromatic carbocycles. The van der Waals surface area contributed by atoms with Crippen LogP contribution in [0.1, 0.15) is 0 Å². The number of hydrogen-bond acceptors (Lipinski definition) is 5. The Morgan fingerprint density at radius 2 is 1.95 bits per heavy atom. The summed E-state index contributed by atoms with van der Waals surface area (Å²) in [4.78, 5) is 0.0366. The van der Waals surface area contributed by atoms with Gasteiger partial charge in [0.15, 0.2) is 0 Å². The minimum Gasteiger partial charge on any atom is -0.506 e. The highest BCUT2D eigenvalue weighted by atomic mass is 32.2. The first kappa shape index (κ1) is 13.6. The third-order valence-electron chi connectivity index (χ3n) is 3.27. The normalized spacial score (nSPS) is 14.4. The maximum atomic E-state index is 12.7. The maximum absolute atomic E-state index is 12.7. The van der Waals surface area contributed by atoms with E-state index in [1.165, 1.54) is 22.5 Å². The quantitative estimate of drug-likeness (QED) is 0.649. The van der Waals surface area contributed by atoms with Gasteiger partial charge in [-0.2, -0.15) is 0 Å². The van der Waals surface area contributed by atoms with E-state index in [1.807, 2.05) is 0 Å². The van der Waals surface area contributed by atoms with Crippen LogP contribution in [0.4, 0.5) is 11.4 Å². The van der Waals surface area contributed by atoms with Crippen LogP contribution in [-0.2, 0) is 10.0 Å². The summed E-state index contributed by atoms with van der Waals surface area (Å²) in [6.45, 7) is 0.504. The Bertz CT molecular complexity index is 789. The lowest BCUT2D eigenvalue weighted by molar-refractivity contribution is 0.316. The molecule has 7 heteroatoms. The van der Waals surface area contributed by atoms with Crippen molar-refractivity contribution in [3.63, 3.8) is 0 Å². The van der Waals surface area contributed by atoms with Crippen LogP contribution < -0.4 is 14.8 Å². The number of rotatable bonds is 2. The number of benzene rings is 2. The second kappa shape index (κ2) is 4.85. The fraction of sp³-hybridized carbons (Fsp3) is 0.143. The van der Waals surface area contributed by atoms with Gasteiger partial charge in [0.05, 0.1) is 22.8 Å². The van der Waals surface area contributed by atoms with E-state index in [2.05, 4.69) is 0 Å². The first-order valence-electron chi connectivity index (χ1n) is 6.33. The predicted octanol–water partition coefficient (Wildman–Crippen LogP) is 1.56. The molecule has 0 aromatic heterocycles. The van der Waals surface area contributed by atoms with Crippen molar-refractivity contribution in [1.29, 1.82) is 0 Å². The van der Waals surface area contributed by atoms with Crippen molar-refractivity contribution in [2.45, 2.75) is 4.90 Å². The van der Waals surface area contributed by atoms with E-state index in [-0.39, 0.29) is 29.5 Å². The Morgan fingerprint density at radius 1 is 1.19 bits per heavy atom. The molecule has 3 rings (SSSR count). The molecule has 0 aliphatic carbocycles. The molecule has 0 bridgehead atoms. The molecule has 0 fully saturated rings. The number of anilines is 2. The lowest BCUT2D eigenvalue weighted by Gasteiger charge is -2.30. The summed E-state index contributed by atoms with van der Waals surface area (Å²) in [5.41, 5.74) is 6.11. The van der Waals surface area contributed by atoms with Gasteiger partial charge in [0, 0.05) is 0 Å². The zero-order chi connectivity index (χ0) is 15.0. The summed E-state index contributed by atoms with van der Waals surface area (Å²) in [5.74, 6) is 0.385. The van der Waals surface area contributed by atoms with Gasteiger partial charge in [-0.05, 0) is 30.3 Å². The Morgan fingerprint density at radius 3 is 2.71 bits per heavy atom. The van der Waals surface area contributed by atoms with E-state index in [4.69, 9.17) is 10.5 Å². The van der Waals surface area contributed by atoms with E-state index in [9.17, 15) is 13.5 Å². The van der Waals surface area contributed by atoms with Crippen molar-refractivity contribution in [3.8, 4) is 11.5 Å². The average Bonchev–Trinajstić information content (AvgIpc) is 2.49. The fourth-order valence-electron chi connectivity index (χ4n) is 2.21. The number of phenolic OH excluding ortho intramolecular Hbond substituents is 1. The molecule has 1 aliphatic heterocycles. The van der Waals surface area contributed by atoms with Crippen molar-refractivity contribution in [3.05, 3.63) is 42.5 Å². The van der Waals surface area contributed by atoms with Crippen LogP contribution in [-0.4, -0.2) is 26.7 Å². The Kier molecular flexibility index (Phi) is 3.13. The minimum atomic E-state index is -3.75. The van der Waals surface area contributed by atoms with Gasteiger partial charge < -0.3 is 15.6 Å². The van der Waals surface area contributed by atoms with Crippen molar-refractivity contribution >= 4 is 21.4 Å². The van der Waals surface area contributed by atoms with E-state index < -0.39 is 10.0 Å². The number of aromatic hydroxyl groups is 1. The smallest absolute Gasteiger partial charge is 0.264 e. The highest BCUT2D eigenvalue weighted by molar-refractivity contribution is 7.92. The number of nitrogens with zero attached hydrogens (tertiary/aromatic N) is 1. The van der Waals surface area contributed by atoms with Crippen molar-refractivity contribution in [2.24, 2.45) is 0 Å². The van der Waals surface area contributed by atoms with Crippen LogP contribution in [0.2, 0.25) is 0 Å². The van der Waals surface area contributed by atoms with Crippen molar-refractivity contribution in [1.82, 2.24) is 0 Å². The molecule has 21 heavy (non-hydrogen) atoms. The van der Waals surface area contributed by atoms with E-state index in [1.54, 1.807) is 24.3 Å². The van der Waals surface area contributed by atoms with Gasteiger partial charge in [-0.3, -0.25) is 4.31 Å². The fourth-order valence-corrected chi connectivity index (χ4v) is 3.71. The standard InChI is InChI=1S/C14H14N2O4S/c15-11-9-10(5-6-13(11)17)21(18,19)16-7-8-20-14-4-2-1-3-12(14)16/h1-6,9,17H,7-8,15H2. The number of phenols is 1. The molecular weight excluding hydrogens is 292 g/mol. The molecule has 0 atom stereocenters. The van der Waals surface area contributed by atoms with Crippen LogP contribution in [0, 0.1) is 0 Å². The summed E-state index contributed by atoms with van der Waals surface area (Å²) in [5, 5.41) is 9.42. The van der Waals surface area contributed by atoms with Crippen LogP contribution >= 0.6 is 0 Å². The van der Waals surface area contributed by atoms with Gasteiger partial charge in [0.1, 0.15) is 18.1 Å². The lowest BCUT2D eigenvalue weighted by Crippen LogP contribution is -2.37. The maximum Gasteiger partial charge on any atom is 0.264 e. The third kappa shape index (κ3) is 2.25. The highest BCUT2D eigenvalue weighted by Gasteiger charge is 2.30. The number of fused-ring (bicyclic) bond motifs is 1. The molecule has 1 aliphatic rings. The molecule has 0 spiro atoms. The highest BCUT2D eigenvalue weighted by Crippen LogP contribution is 2.35. The summed E-state index contributed by atoms with van der Waals surface area (Å²) < 4.78 is 32.2. The SMILES string of the molecule is Nc1cc(S(=O)(=O)N2CCOc3ccccc32)ccc1O. The Balaban J connectivity index is 2.09. The predicted molar refractivity (Wildman–Crippen MR) is 79.0 cm³/mol. The van der Waals surface area contributed by atoms with E-state index in [0.717, 1.165) is 0 Å². The first-order chi connectivity index (χ1) is 10.00. The molecule has 0 saturated heterocycles. The minimum absolute atomic E-state index is 0.0256. The number of para-hydroxylation sites is 2. The lowest BCUT2D eigenvalue weighted by atomic mass is 10.2. The number of ether oxygens (including phenoxy) is 1. The molecule has 0 saturated carbocycles. The number of hydrogen-bond donors (Lipinski definition) is 2.